The quantitative estimate of drug-likeness (QED) is 0.896. The van der Waals surface area contributed by atoms with Crippen molar-refractivity contribution in [3.63, 3.8) is 0 Å². The highest BCUT2D eigenvalue weighted by atomic mass is 32.2. The van der Waals surface area contributed by atoms with E-state index < -0.39 is 0 Å². The number of ether oxygens (including phenoxy) is 1. The average molecular weight is 280 g/mol. The van der Waals surface area contributed by atoms with Crippen LogP contribution in [0.4, 0.5) is 4.39 Å². The fraction of sp³-hybridized carbons (Fsp3) is 0.385. The molecule has 2 saturated heterocycles. The first-order chi connectivity index (χ1) is 9.15. The fourth-order valence-corrected chi connectivity index (χ4v) is 3.65. The Kier molecular flexibility index (Phi) is 3.18. The molecule has 2 aliphatic rings. The van der Waals surface area contributed by atoms with Crippen LogP contribution in [0.1, 0.15) is 5.56 Å². The largest absolute Gasteiger partial charge is 0.459 e. The Bertz CT molecular complexity index is 520. The number of hydrogen-bond donors (Lipinski definition) is 1. The van der Waals surface area contributed by atoms with Gasteiger partial charge in [-0.2, -0.15) is 11.8 Å². The van der Waals surface area contributed by atoms with Crippen LogP contribution in [-0.2, 0) is 16.0 Å². The molecule has 0 aliphatic carbocycles. The molecule has 2 heterocycles. The minimum Gasteiger partial charge on any atom is -0.459 e. The van der Waals surface area contributed by atoms with Gasteiger partial charge in [-0.1, -0.05) is 12.1 Å². The SMILES string of the molecule is N=C1O[C@@H]2CSC[C@@H]2N1C(=O)Cc1ccc(F)cc1. The van der Waals surface area contributed by atoms with E-state index in [-0.39, 0.29) is 36.3 Å². The number of amides is 1. The second-order valence-electron chi connectivity index (χ2n) is 4.63. The van der Waals surface area contributed by atoms with Crippen molar-refractivity contribution >= 4 is 23.7 Å². The molecule has 100 valence electrons. The Morgan fingerprint density at radius 3 is 2.89 bits per heavy atom. The first-order valence-corrected chi connectivity index (χ1v) is 7.20. The molecule has 0 unspecified atom stereocenters. The predicted molar refractivity (Wildman–Crippen MR) is 70.7 cm³/mol. The van der Waals surface area contributed by atoms with Gasteiger partial charge < -0.3 is 4.74 Å². The van der Waals surface area contributed by atoms with Gasteiger partial charge in [-0.25, -0.2) is 4.39 Å². The molecule has 1 aromatic rings. The van der Waals surface area contributed by atoms with E-state index in [0.717, 1.165) is 17.1 Å². The Hall–Kier alpha value is -1.56. The Morgan fingerprint density at radius 1 is 1.42 bits per heavy atom. The highest BCUT2D eigenvalue weighted by molar-refractivity contribution is 7.99. The summed E-state index contributed by atoms with van der Waals surface area (Å²) in [5.41, 5.74) is 0.744. The maximum Gasteiger partial charge on any atom is 0.292 e. The van der Waals surface area contributed by atoms with Crippen LogP contribution in [0.25, 0.3) is 0 Å². The summed E-state index contributed by atoms with van der Waals surface area (Å²) in [6.07, 6.45) is 0.120. The highest BCUT2D eigenvalue weighted by Crippen LogP contribution is 2.31. The zero-order valence-corrected chi connectivity index (χ0v) is 11.0. The number of halogens is 1. The van der Waals surface area contributed by atoms with E-state index in [0.29, 0.717) is 0 Å². The molecule has 0 radical (unpaired) electrons. The summed E-state index contributed by atoms with van der Waals surface area (Å²) in [5, 5.41) is 7.75. The summed E-state index contributed by atoms with van der Waals surface area (Å²) in [7, 11) is 0. The van der Waals surface area contributed by atoms with Crippen LogP contribution < -0.4 is 0 Å². The van der Waals surface area contributed by atoms with E-state index in [1.807, 2.05) is 0 Å². The number of fused-ring (bicyclic) bond motifs is 1. The molecule has 3 rings (SSSR count). The monoisotopic (exact) mass is 280 g/mol. The van der Waals surface area contributed by atoms with Gasteiger partial charge in [0, 0.05) is 11.5 Å². The number of nitrogens with zero attached hydrogens (tertiary/aromatic N) is 1. The van der Waals surface area contributed by atoms with E-state index in [1.165, 1.54) is 17.0 Å². The van der Waals surface area contributed by atoms with Gasteiger partial charge >= 0.3 is 0 Å². The lowest BCUT2D eigenvalue weighted by Gasteiger charge is -2.19. The van der Waals surface area contributed by atoms with Crippen LogP contribution in [0.2, 0.25) is 0 Å². The van der Waals surface area contributed by atoms with Crippen molar-refractivity contribution in [2.24, 2.45) is 0 Å². The topological polar surface area (TPSA) is 53.4 Å². The highest BCUT2D eigenvalue weighted by Gasteiger charge is 2.45. The Balaban J connectivity index is 1.73. The number of rotatable bonds is 2. The lowest BCUT2D eigenvalue weighted by Crippen LogP contribution is -2.42. The van der Waals surface area contributed by atoms with Crippen LogP contribution in [0.5, 0.6) is 0 Å². The summed E-state index contributed by atoms with van der Waals surface area (Å²) in [4.78, 5) is 13.7. The summed E-state index contributed by atoms with van der Waals surface area (Å²) in [6, 6.07) is 5.78. The molecule has 1 amide bonds. The smallest absolute Gasteiger partial charge is 0.292 e. The molecule has 6 heteroatoms. The molecule has 4 nitrogen and oxygen atoms in total. The molecule has 0 bridgehead atoms. The first-order valence-electron chi connectivity index (χ1n) is 6.04. The molecule has 2 fully saturated rings. The fourth-order valence-electron chi connectivity index (χ4n) is 2.39. The third-order valence-electron chi connectivity index (χ3n) is 3.35. The second-order valence-corrected chi connectivity index (χ2v) is 5.71. The Labute approximate surface area is 114 Å². The van der Waals surface area contributed by atoms with E-state index in [4.69, 9.17) is 10.1 Å². The molecule has 0 spiro atoms. The normalized spacial score (nSPS) is 25.3. The number of carbonyl (C=O) groups excluding carboxylic acids is 1. The van der Waals surface area contributed by atoms with E-state index in [2.05, 4.69) is 0 Å². The number of benzene rings is 1. The molecule has 0 aromatic heterocycles. The Morgan fingerprint density at radius 2 is 2.16 bits per heavy atom. The van der Waals surface area contributed by atoms with Gasteiger partial charge in [0.25, 0.3) is 6.02 Å². The standard InChI is InChI=1S/C13H13FN2O2S/c14-9-3-1-8(2-4-9)5-12(17)16-10-6-19-7-11(10)18-13(16)15/h1-4,10-11,15H,5-7H2/t10-,11+/m0/s1. The molecule has 2 atom stereocenters. The first kappa shape index (κ1) is 12.5. The zero-order chi connectivity index (χ0) is 13.4. The van der Waals surface area contributed by atoms with E-state index in [1.54, 1.807) is 23.9 Å². The van der Waals surface area contributed by atoms with Crippen molar-refractivity contribution < 1.29 is 13.9 Å². The molecule has 1 aromatic carbocycles. The summed E-state index contributed by atoms with van der Waals surface area (Å²) >= 11 is 1.73. The van der Waals surface area contributed by atoms with Gasteiger partial charge in [0.2, 0.25) is 5.91 Å². The number of thioether (sulfide) groups is 1. The number of amidine groups is 1. The van der Waals surface area contributed by atoms with Crippen molar-refractivity contribution in [3.8, 4) is 0 Å². The average Bonchev–Trinajstić information content (AvgIpc) is 2.91. The molecule has 0 saturated carbocycles. The van der Waals surface area contributed by atoms with Crippen LogP contribution in [0, 0.1) is 11.2 Å². The van der Waals surface area contributed by atoms with E-state index in [9.17, 15) is 9.18 Å². The van der Waals surface area contributed by atoms with Crippen LogP contribution in [0.15, 0.2) is 24.3 Å². The summed E-state index contributed by atoms with van der Waals surface area (Å²) < 4.78 is 18.2. The maximum atomic E-state index is 12.8. The molecule has 2 aliphatic heterocycles. The third kappa shape index (κ3) is 2.32. The third-order valence-corrected chi connectivity index (χ3v) is 4.49. The summed E-state index contributed by atoms with van der Waals surface area (Å²) in [6.45, 7) is 0. The van der Waals surface area contributed by atoms with Gasteiger partial charge in [-0.3, -0.25) is 15.1 Å². The molecular formula is C13H13FN2O2S. The minimum absolute atomic E-state index is 0.0227. The van der Waals surface area contributed by atoms with Crippen LogP contribution in [0.3, 0.4) is 0 Å². The molecular weight excluding hydrogens is 267 g/mol. The van der Waals surface area contributed by atoms with Crippen molar-refractivity contribution in [1.82, 2.24) is 4.90 Å². The van der Waals surface area contributed by atoms with Crippen molar-refractivity contribution in [3.05, 3.63) is 35.6 Å². The number of nitrogens with one attached hydrogen (secondary N) is 1. The number of carbonyl (C=O) groups is 1. The lowest BCUT2D eigenvalue weighted by molar-refractivity contribution is -0.127. The van der Waals surface area contributed by atoms with Gasteiger partial charge in [0.05, 0.1) is 12.5 Å². The molecule has 19 heavy (non-hydrogen) atoms. The van der Waals surface area contributed by atoms with Crippen molar-refractivity contribution in [2.45, 2.75) is 18.6 Å². The van der Waals surface area contributed by atoms with Crippen molar-refractivity contribution in [1.29, 1.82) is 5.41 Å². The predicted octanol–water partition coefficient (Wildman–Crippen LogP) is 1.65. The minimum atomic E-state index is -0.319. The van der Waals surface area contributed by atoms with Crippen LogP contribution in [-0.4, -0.2) is 40.5 Å². The van der Waals surface area contributed by atoms with Crippen LogP contribution >= 0.6 is 11.8 Å². The van der Waals surface area contributed by atoms with Gasteiger partial charge in [-0.15, -0.1) is 0 Å². The number of hydrogen-bond acceptors (Lipinski definition) is 4. The lowest BCUT2D eigenvalue weighted by atomic mass is 10.1. The van der Waals surface area contributed by atoms with Gasteiger partial charge in [0.1, 0.15) is 11.9 Å². The van der Waals surface area contributed by atoms with Gasteiger partial charge in [-0.05, 0) is 17.7 Å². The van der Waals surface area contributed by atoms with Gasteiger partial charge in [0.15, 0.2) is 0 Å². The van der Waals surface area contributed by atoms with Crippen molar-refractivity contribution in [2.75, 3.05) is 11.5 Å². The summed E-state index contributed by atoms with van der Waals surface area (Å²) in [5.74, 6) is 1.16. The molecule has 1 N–H and O–H groups in total. The van der Waals surface area contributed by atoms with E-state index >= 15 is 0 Å². The zero-order valence-electron chi connectivity index (χ0n) is 10.1. The maximum absolute atomic E-state index is 12.8. The second kappa shape index (κ2) is 4.85.